The van der Waals surface area contributed by atoms with Crippen molar-refractivity contribution in [2.24, 2.45) is 0 Å². The Morgan fingerprint density at radius 2 is 2.28 bits per heavy atom. The van der Waals surface area contributed by atoms with Gasteiger partial charge in [-0.1, -0.05) is 24.4 Å². The standard InChI is InChI=1S/C14H20ClNOS/c1-11(17)9-12-5-3-2-4-8-16(12)10-13-6-7-14(15)18-13/h6-7,12H,2-5,8-10H2,1H3. The highest BCUT2D eigenvalue weighted by Crippen LogP contribution is 2.26. The average Bonchev–Trinajstić information content (AvgIpc) is 2.58. The van der Waals surface area contributed by atoms with E-state index in [4.69, 9.17) is 11.6 Å². The van der Waals surface area contributed by atoms with Crippen molar-refractivity contribution in [3.05, 3.63) is 21.3 Å². The van der Waals surface area contributed by atoms with E-state index in [1.165, 1.54) is 24.1 Å². The van der Waals surface area contributed by atoms with Crippen LogP contribution >= 0.6 is 22.9 Å². The fraction of sp³-hybridized carbons (Fsp3) is 0.643. The van der Waals surface area contributed by atoms with Crippen molar-refractivity contribution in [2.45, 2.75) is 51.6 Å². The van der Waals surface area contributed by atoms with Gasteiger partial charge in [0.25, 0.3) is 0 Å². The first-order valence-electron chi connectivity index (χ1n) is 6.63. The highest BCUT2D eigenvalue weighted by molar-refractivity contribution is 7.16. The number of ketones is 1. The van der Waals surface area contributed by atoms with E-state index in [2.05, 4.69) is 11.0 Å². The molecule has 1 atom stereocenters. The minimum absolute atomic E-state index is 0.302. The smallest absolute Gasteiger partial charge is 0.131 e. The molecule has 1 aromatic rings. The number of rotatable bonds is 4. The third-order valence-corrected chi connectivity index (χ3v) is 4.73. The first-order chi connectivity index (χ1) is 8.65. The maximum absolute atomic E-state index is 11.4. The third-order valence-electron chi connectivity index (χ3n) is 3.51. The predicted molar refractivity (Wildman–Crippen MR) is 77.3 cm³/mol. The molecule has 1 fully saturated rings. The zero-order valence-corrected chi connectivity index (χ0v) is 12.4. The molecule has 0 aromatic carbocycles. The summed E-state index contributed by atoms with van der Waals surface area (Å²) in [6.45, 7) is 3.74. The Morgan fingerprint density at radius 3 is 2.94 bits per heavy atom. The summed E-state index contributed by atoms with van der Waals surface area (Å²) >= 11 is 7.62. The normalized spacial score (nSPS) is 21.8. The summed E-state index contributed by atoms with van der Waals surface area (Å²) in [4.78, 5) is 15.2. The van der Waals surface area contributed by atoms with E-state index < -0.39 is 0 Å². The van der Waals surface area contributed by atoms with Gasteiger partial charge in [-0.05, 0) is 38.4 Å². The minimum atomic E-state index is 0.302. The molecule has 4 heteroatoms. The summed E-state index contributed by atoms with van der Waals surface area (Å²) in [6, 6.07) is 4.48. The predicted octanol–water partition coefficient (Wildman–Crippen LogP) is 4.13. The quantitative estimate of drug-likeness (QED) is 0.829. The average molecular weight is 286 g/mol. The van der Waals surface area contributed by atoms with Crippen LogP contribution in [0.1, 0.15) is 43.9 Å². The second-order valence-corrected chi connectivity index (χ2v) is 6.89. The fourth-order valence-electron chi connectivity index (χ4n) is 2.64. The molecule has 0 bridgehead atoms. The lowest BCUT2D eigenvalue weighted by molar-refractivity contribution is -0.118. The van der Waals surface area contributed by atoms with Gasteiger partial charge in [0.1, 0.15) is 5.78 Å². The summed E-state index contributed by atoms with van der Waals surface area (Å²) in [7, 11) is 0. The number of nitrogens with zero attached hydrogens (tertiary/aromatic N) is 1. The van der Waals surface area contributed by atoms with Crippen molar-refractivity contribution in [1.29, 1.82) is 0 Å². The lowest BCUT2D eigenvalue weighted by Crippen LogP contribution is -2.35. The van der Waals surface area contributed by atoms with Crippen molar-refractivity contribution in [2.75, 3.05) is 6.54 Å². The van der Waals surface area contributed by atoms with Gasteiger partial charge in [0.2, 0.25) is 0 Å². The molecule has 0 radical (unpaired) electrons. The monoisotopic (exact) mass is 285 g/mol. The zero-order chi connectivity index (χ0) is 13.0. The van der Waals surface area contributed by atoms with Crippen molar-refractivity contribution in [3.8, 4) is 0 Å². The number of halogens is 1. The number of hydrogen-bond acceptors (Lipinski definition) is 3. The van der Waals surface area contributed by atoms with E-state index in [0.29, 0.717) is 18.2 Å². The molecule has 2 rings (SSSR count). The van der Waals surface area contributed by atoms with E-state index in [1.807, 2.05) is 6.07 Å². The van der Waals surface area contributed by atoms with Gasteiger partial charge < -0.3 is 0 Å². The lowest BCUT2D eigenvalue weighted by Gasteiger charge is -2.28. The molecule has 1 aliphatic rings. The summed E-state index contributed by atoms with van der Waals surface area (Å²) in [5, 5.41) is 0. The van der Waals surface area contributed by atoms with Crippen molar-refractivity contribution >= 4 is 28.7 Å². The Labute approximate surface area is 118 Å². The Kier molecular flexibility index (Phi) is 5.22. The topological polar surface area (TPSA) is 20.3 Å². The molecular formula is C14H20ClNOS. The van der Waals surface area contributed by atoms with Crippen LogP contribution in [0.15, 0.2) is 12.1 Å². The molecule has 0 aliphatic carbocycles. The molecule has 0 saturated carbocycles. The first kappa shape index (κ1) is 14.0. The fourth-order valence-corrected chi connectivity index (χ4v) is 3.76. The van der Waals surface area contributed by atoms with Crippen molar-refractivity contribution < 1.29 is 4.79 Å². The van der Waals surface area contributed by atoms with Crippen LogP contribution in [-0.4, -0.2) is 23.3 Å². The summed E-state index contributed by atoms with van der Waals surface area (Å²) < 4.78 is 0.850. The molecule has 1 aliphatic heterocycles. The van der Waals surface area contributed by atoms with Gasteiger partial charge in [0.05, 0.1) is 4.34 Å². The molecule has 1 unspecified atom stereocenters. The van der Waals surface area contributed by atoms with Gasteiger partial charge in [-0.25, -0.2) is 0 Å². The van der Waals surface area contributed by atoms with Gasteiger partial charge in [0, 0.05) is 23.9 Å². The molecule has 2 heterocycles. The molecule has 1 aromatic heterocycles. The van der Waals surface area contributed by atoms with Gasteiger partial charge in [-0.2, -0.15) is 0 Å². The molecule has 0 amide bonds. The lowest BCUT2D eigenvalue weighted by atomic mass is 10.0. The Morgan fingerprint density at radius 1 is 1.44 bits per heavy atom. The largest absolute Gasteiger partial charge is 0.300 e. The van der Waals surface area contributed by atoms with Crippen LogP contribution in [0, 0.1) is 0 Å². The van der Waals surface area contributed by atoms with Crippen LogP contribution in [0.25, 0.3) is 0 Å². The number of Topliss-reactive ketones (excluding diaryl/α,β-unsaturated/α-hetero) is 1. The second kappa shape index (κ2) is 6.69. The number of hydrogen-bond donors (Lipinski definition) is 0. The van der Waals surface area contributed by atoms with Crippen LogP contribution in [0.2, 0.25) is 4.34 Å². The highest BCUT2D eigenvalue weighted by Gasteiger charge is 2.22. The molecule has 2 nitrogen and oxygen atoms in total. The van der Waals surface area contributed by atoms with E-state index in [1.54, 1.807) is 18.3 Å². The van der Waals surface area contributed by atoms with E-state index in [9.17, 15) is 4.79 Å². The molecule has 1 saturated heterocycles. The third kappa shape index (κ3) is 4.08. The maximum atomic E-state index is 11.4. The van der Waals surface area contributed by atoms with E-state index in [-0.39, 0.29) is 0 Å². The number of carbonyl (C=O) groups excluding carboxylic acids is 1. The molecule has 0 N–H and O–H groups in total. The Balaban J connectivity index is 2.02. The number of carbonyl (C=O) groups is 1. The maximum Gasteiger partial charge on any atom is 0.131 e. The van der Waals surface area contributed by atoms with Crippen LogP contribution < -0.4 is 0 Å². The summed E-state index contributed by atoms with van der Waals surface area (Å²) in [6.07, 6.45) is 5.63. The SMILES string of the molecule is CC(=O)CC1CCCCCN1Cc1ccc(Cl)s1. The molecular weight excluding hydrogens is 266 g/mol. The Bertz CT molecular complexity index is 404. The number of likely N-dealkylation sites (tertiary alicyclic amines) is 1. The van der Waals surface area contributed by atoms with Gasteiger partial charge >= 0.3 is 0 Å². The molecule has 0 spiro atoms. The van der Waals surface area contributed by atoms with Gasteiger partial charge in [-0.3, -0.25) is 9.69 Å². The zero-order valence-electron chi connectivity index (χ0n) is 10.8. The summed E-state index contributed by atoms with van der Waals surface area (Å²) in [5.41, 5.74) is 0. The van der Waals surface area contributed by atoms with Crippen molar-refractivity contribution in [3.63, 3.8) is 0 Å². The van der Waals surface area contributed by atoms with E-state index in [0.717, 1.165) is 23.8 Å². The second-order valence-electron chi connectivity index (χ2n) is 5.09. The van der Waals surface area contributed by atoms with Crippen LogP contribution in [0.3, 0.4) is 0 Å². The van der Waals surface area contributed by atoms with Crippen LogP contribution in [0.4, 0.5) is 0 Å². The summed E-state index contributed by atoms with van der Waals surface area (Å²) in [5.74, 6) is 0.302. The van der Waals surface area contributed by atoms with Gasteiger partial charge in [-0.15, -0.1) is 11.3 Å². The van der Waals surface area contributed by atoms with E-state index >= 15 is 0 Å². The van der Waals surface area contributed by atoms with Crippen molar-refractivity contribution in [1.82, 2.24) is 4.90 Å². The minimum Gasteiger partial charge on any atom is -0.300 e. The Hall–Kier alpha value is -0.380. The molecule has 100 valence electrons. The first-order valence-corrected chi connectivity index (χ1v) is 7.82. The van der Waals surface area contributed by atoms with Gasteiger partial charge in [0.15, 0.2) is 0 Å². The number of thiophene rings is 1. The highest BCUT2D eigenvalue weighted by atomic mass is 35.5. The van der Waals surface area contributed by atoms with Crippen LogP contribution in [0.5, 0.6) is 0 Å². The molecule has 18 heavy (non-hydrogen) atoms. The van der Waals surface area contributed by atoms with Crippen LogP contribution in [-0.2, 0) is 11.3 Å².